The lowest BCUT2D eigenvalue weighted by Crippen LogP contribution is -1.81. The molecule has 0 unspecified atom stereocenters. The van der Waals surface area contributed by atoms with Crippen LogP contribution in [-0.2, 0) is 0 Å². The molecule has 62 valence electrons. The first kappa shape index (κ1) is 7.87. The van der Waals surface area contributed by atoms with E-state index in [1.807, 2.05) is 6.20 Å². The van der Waals surface area contributed by atoms with E-state index in [2.05, 4.69) is 46.9 Å². The van der Waals surface area contributed by atoms with Gasteiger partial charge >= 0.3 is 0 Å². The van der Waals surface area contributed by atoms with Crippen molar-refractivity contribution in [1.29, 1.82) is 0 Å². The molecule has 2 heteroatoms. The first-order chi connectivity index (χ1) is 5.70. The van der Waals surface area contributed by atoms with Crippen LogP contribution in [0.5, 0.6) is 0 Å². The predicted molar refractivity (Wildman–Crippen MR) is 55.5 cm³/mol. The van der Waals surface area contributed by atoms with Gasteiger partial charge in [-0.2, -0.15) is 0 Å². The molecule has 0 aliphatic rings. The minimum atomic E-state index is 1.14. The molecule has 12 heavy (non-hydrogen) atoms. The zero-order valence-electron chi connectivity index (χ0n) is 7.11. The molecular weight excluding hydrogens is 214 g/mol. The largest absolute Gasteiger partial charge is 0.360 e. The number of aromatic amines is 1. The van der Waals surface area contributed by atoms with Crippen LogP contribution in [0.3, 0.4) is 0 Å². The van der Waals surface area contributed by atoms with Crippen molar-refractivity contribution in [3.05, 3.63) is 33.9 Å². The fourth-order valence-electron chi connectivity index (χ4n) is 1.41. The van der Waals surface area contributed by atoms with Crippen LogP contribution in [0, 0.1) is 13.8 Å². The molecule has 1 aromatic heterocycles. The average Bonchev–Trinajstić information content (AvgIpc) is 2.41. The number of aromatic nitrogens is 1. The van der Waals surface area contributed by atoms with E-state index in [4.69, 9.17) is 0 Å². The van der Waals surface area contributed by atoms with Crippen LogP contribution in [0.15, 0.2) is 22.8 Å². The highest BCUT2D eigenvalue weighted by molar-refractivity contribution is 9.10. The zero-order chi connectivity index (χ0) is 8.72. The van der Waals surface area contributed by atoms with Crippen molar-refractivity contribution in [2.75, 3.05) is 0 Å². The van der Waals surface area contributed by atoms with Gasteiger partial charge in [-0.05, 0) is 40.9 Å². The van der Waals surface area contributed by atoms with Crippen molar-refractivity contribution in [2.45, 2.75) is 13.8 Å². The van der Waals surface area contributed by atoms with Crippen molar-refractivity contribution in [3.8, 4) is 0 Å². The molecule has 0 aliphatic heterocycles. The van der Waals surface area contributed by atoms with E-state index in [1.165, 1.54) is 22.0 Å². The summed E-state index contributed by atoms with van der Waals surface area (Å²) in [5, 5.41) is 1.26. The van der Waals surface area contributed by atoms with Crippen LogP contribution in [0.1, 0.15) is 11.1 Å². The quantitative estimate of drug-likeness (QED) is 0.704. The Bertz CT molecular complexity index is 429. The molecule has 0 aliphatic carbocycles. The third-order valence-electron chi connectivity index (χ3n) is 2.34. The number of rotatable bonds is 0. The van der Waals surface area contributed by atoms with Gasteiger partial charge in [0.25, 0.3) is 0 Å². The minimum Gasteiger partial charge on any atom is -0.360 e. The summed E-state index contributed by atoms with van der Waals surface area (Å²) in [6.07, 6.45) is 1.98. The molecule has 1 aromatic carbocycles. The molecule has 1 heterocycles. The Morgan fingerprint density at radius 2 is 2.00 bits per heavy atom. The smallest absolute Gasteiger partial charge is 0.0498 e. The van der Waals surface area contributed by atoms with Crippen LogP contribution >= 0.6 is 15.9 Å². The SMILES string of the molecule is Cc1ccc2c(Br)c[nH]c2c1C. The second kappa shape index (κ2) is 2.63. The molecule has 0 atom stereocenters. The third kappa shape index (κ3) is 0.985. The lowest BCUT2D eigenvalue weighted by Gasteiger charge is -2.00. The lowest BCUT2D eigenvalue weighted by molar-refractivity contribution is 1.34. The maximum absolute atomic E-state index is 3.49. The zero-order valence-corrected chi connectivity index (χ0v) is 8.70. The molecule has 0 fully saturated rings. The van der Waals surface area contributed by atoms with E-state index < -0.39 is 0 Å². The van der Waals surface area contributed by atoms with Crippen LogP contribution in [0.2, 0.25) is 0 Å². The van der Waals surface area contributed by atoms with Crippen LogP contribution in [0.4, 0.5) is 0 Å². The molecule has 0 bridgehead atoms. The van der Waals surface area contributed by atoms with Crippen molar-refractivity contribution in [2.24, 2.45) is 0 Å². The maximum Gasteiger partial charge on any atom is 0.0498 e. The third-order valence-corrected chi connectivity index (χ3v) is 2.99. The predicted octanol–water partition coefficient (Wildman–Crippen LogP) is 3.55. The summed E-state index contributed by atoms with van der Waals surface area (Å²) in [5.41, 5.74) is 3.90. The highest BCUT2D eigenvalue weighted by Crippen LogP contribution is 2.26. The molecule has 0 radical (unpaired) electrons. The van der Waals surface area contributed by atoms with Gasteiger partial charge in [-0.15, -0.1) is 0 Å². The van der Waals surface area contributed by atoms with Crippen molar-refractivity contribution in [3.63, 3.8) is 0 Å². The Morgan fingerprint density at radius 1 is 1.25 bits per heavy atom. The van der Waals surface area contributed by atoms with Gasteiger partial charge in [-0.3, -0.25) is 0 Å². The van der Waals surface area contributed by atoms with E-state index in [1.54, 1.807) is 0 Å². The average molecular weight is 224 g/mol. The second-order valence-corrected chi connectivity index (χ2v) is 3.92. The minimum absolute atomic E-state index is 1.14. The van der Waals surface area contributed by atoms with Crippen molar-refractivity contribution >= 4 is 26.8 Å². The van der Waals surface area contributed by atoms with Gasteiger partial charge in [0.05, 0.1) is 0 Å². The molecule has 0 saturated carbocycles. The van der Waals surface area contributed by atoms with E-state index in [9.17, 15) is 0 Å². The fourth-order valence-corrected chi connectivity index (χ4v) is 1.86. The molecule has 0 spiro atoms. The van der Waals surface area contributed by atoms with Gasteiger partial charge in [0.1, 0.15) is 0 Å². The molecule has 0 amide bonds. The number of benzene rings is 1. The first-order valence-electron chi connectivity index (χ1n) is 3.93. The Hall–Kier alpha value is -0.760. The summed E-state index contributed by atoms with van der Waals surface area (Å²) in [4.78, 5) is 3.25. The normalized spacial score (nSPS) is 10.9. The molecule has 1 nitrogen and oxygen atoms in total. The van der Waals surface area contributed by atoms with Gasteiger partial charge < -0.3 is 4.98 Å². The number of halogens is 1. The van der Waals surface area contributed by atoms with E-state index >= 15 is 0 Å². The van der Waals surface area contributed by atoms with Gasteiger partial charge in [-0.1, -0.05) is 12.1 Å². The highest BCUT2D eigenvalue weighted by Gasteiger charge is 2.03. The topological polar surface area (TPSA) is 15.8 Å². The van der Waals surface area contributed by atoms with Gasteiger partial charge in [0.2, 0.25) is 0 Å². The van der Waals surface area contributed by atoms with E-state index in [0.717, 1.165) is 4.47 Å². The standard InChI is InChI=1S/C10H10BrN/c1-6-3-4-8-9(11)5-12-10(8)7(6)2/h3-5,12H,1-2H3. The molecule has 0 saturated heterocycles. The van der Waals surface area contributed by atoms with Crippen LogP contribution in [0.25, 0.3) is 10.9 Å². The molecule has 1 N–H and O–H groups in total. The summed E-state index contributed by atoms with van der Waals surface area (Å²) in [6.45, 7) is 4.27. The second-order valence-electron chi connectivity index (χ2n) is 3.07. The number of hydrogen-bond acceptors (Lipinski definition) is 0. The molecule has 2 aromatic rings. The summed E-state index contributed by atoms with van der Waals surface area (Å²) >= 11 is 3.49. The fraction of sp³-hybridized carbons (Fsp3) is 0.200. The number of nitrogens with one attached hydrogen (secondary N) is 1. The Kier molecular flexibility index (Phi) is 1.72. The van der Waals surface area contributed by atoms with Gasteiger partial charge in [0.15, 0.2) is 0 Å². The van der Waals surface area contributed by atoms with E-state index in [0.29, 0.717) is 0 Å². The Morgan fingerprint density at radius 3 is 2.75 bits per heavy atom. The Labute approximate surface area is 79.9 Å². The summed E-state index contributed by atoms with van der Waals surface area (Å²) in [6, 6.07) is 4.29. The van der Waals surface area contributed by atoms with E-state index in [-0.39, 0.29) is 0 Å². The van der Waals surface area contributed by atoms with Gasteiger partial charge in [0, 0.05) is 21.6 Å². The summed E-state index contributed by atoms with van der Waals surface area (Å²) < 4.78 is 1.14. The van der Waals surface area contributed by atoms with Crippen molar-refractivity contribution in [1.82, 2.24) is 4.98 Å². The summed E-state index contributed by atoms with van der Waals surface area (Å²) in [5.74, 6) is 0. The first-order valence-corrected chi connectivity index (χ1v) is 4.72. The maximum atomic E-state index is 3.49. The molecule has 2 rings (SSSR count). The van der Waals surface area contributed by atoms with Crippen LogP contribution < -0.4 is 0 Å². The number of aryl methyl sites for hydroxylation is 2. The monoisotopic (exact) mass is 223 g/mol. The molecular formula is C10H10BrN. The summed E-state index contributed by atoms with van der Waals surface area (Å²) in [7, 11) is 0. The number of H-pyrrole nitrogens is 1. The number of fused-ring (bicyclic) bond motifs is 1. The number of hydrogen-bond donors (Lipinski definition) is 1. The highest BCUT2D eigenvalue weighted by atomic mass is 79.9. The Balaban J connectivity index is 2.93. The van der Waals surface area contributed by atoms with Gasteiger partial charge in [-0.25, -0.2) is 0 Å². The van der Waals surface area contributed by atoms with Crippen LogP contribution in [-0.4, -0.2) is 4.98 Å². The lowest BCUT2D eigenvalue weighted by atomic mass is 10.1. The van der Waals surface area contributed by atoms with Crippen molar-refractivity contribution < 1.29 is 0 Å².